The first kappa shape index (κ1) is 18.6. The molecule has 0 bridgehead atoms. The van der Waals surface area contributed by atoms with Crippen molar-refractivity contribution in [1.29, 1.82) is 5.26 Å². The third-order valence-electron chi connectivity index (χ3n) is 3.58. The fraction of sp³-hybridized carbons (Fsp3) is 0.200. The Morgan fingerprint density at radius 2 is 2.04 bits per heavy atom. The van der Waals surface area contributed by atoms with Crippen LogP contribution in [0.1, 0.15) is 23.6 Å². The molecule has 0 aromatic heterocycles. The summed E-state index contributed by atoms with van der Waals surface area (Å²) in [6.07, 6.45) is 1.48. The number of aryl methyl sites for hydroxylation is 2. The number of nitriles is 1. The molecule has 0 radical (unpaired) electrons. The van der Waals surface area contributed by atoms with E-state index in [-0.39, 0.29) is 5.57 Å². The number of anilines is 1. The van der Waals surface area contributed by atoms with E-state index in [4.69, 9.17) is 16.3 Å². The molecule has 1 amide bonds. The largest absolute Gasteiger partial charge is 0.493 e. The molecule has 2 rings (SSSR count). The number of rotatable bonds is 5. The number of benzene rings is 2. The van der Waals surface area contributed by atoms with Crippen LogP contribution in [0.15, 0.2) is 42.0 Å². The van der Waals surface area contributed by atoms with Crippen LogP contribution in [-0.2, 0) is 4.79 Å². The van der Waals surface area contributed by atoms with Gasteiger partial charge in [0.1, 0.15) is 17.4 Å². The van der Waals surface area contributed by atoms with Crippen LogP contribution < -0.4 is 10.1 Å². The molecule has 2 aromatic rings. The summed E-state index contributed by atoms with van der Waals surface area (Å²) in [5, 5.41) is 12.7. The lowest BCUT2D eigenvalue weighted by atomic mass is 10.1. The molecule has 5 heteroatoms. The van der Waals surface area contributed by atoms with Gasteiger partial charge < -0.3 is 10.1 Å². The van der Waals surface area contributed by atoms with Crippen LogP contribution in [-0.4, -0.2) is 12.5 Å². The van der Waals surface area contributed by atoms with E-state index < -0.39 is 5.91 Å². The zero-order valence-corrected chi connectivity index (χ0v) is 15.1. The third kappa shape index (κ3) is 4.85. The van der Waals surface area contributed by atoms with Crippen LogP contribution >= 0.6 is 11.6 Å². The van der Waals surface area contributed by atoms with Crippen molar-refractivity contribution in [3.8, 4) is 11.8 Å². The summed E-state index contributed by atoms with van der Waals surface area (Å²) in [7, 11) is 0. The van der Waals surface area contributed by atoms with Gasteiger partial charge in [0, 0.05) is 16.3 Å². The van der Waals surface area contributed by atoms with Gasteiger partial charge in [-0.05, 0) is 62.2 Å². The summed E-state index contributed by atoms with van der Waals surface area (Å²) in [6, 6.07) is 12.8. The fourth-order valence-corrected chi connectivity index (χ4v) is 2.46. The SMILES string of the molecule is CCOc1ccc(Cl)cc1/C=C(\C#N)C(=O)Nc1cc(C)ccc1C. The molecule has 0 fully saturated rings. The van der Waals surface area contributed by atoms with Crippen LogP contribution in [0.3, 0.4) is 0 Å². The predicted octanol–water partition coefficient (Wildman–Crippen LogP) is 4.90. The van der Waals surface area contributed by atoms with Crippen molar-refractivity contribution in [1.82, 2.24) is 0 Å². The lowest BCUT2D eigenvalue weighted by Crippen LogP contribution is -2.14. The number of nitrogens with zero attached hydrogens (tertiary/aromatic N) is 1. The molecular formula is C20H19ClN2O2. The van der Waals surface area contributed by atoms with Gasteiger partial charge in [0.2, 0.25) is 0 Å². The van der Waals surface area contributed by atoms with E-state index in [1.807, 2.05) is 45.0 Å². The van der Waals surface area contributed by atoms with Gasteiger partial charge >= 0.3 is 0 Å². The molecule has 4 nitrogen and oxygen atoms in total. The number of ether oxygens (including phenoxy) is 1. The van der Waals surface area contributed by atoms with Crippen molar-refractivity contribution in [2.24, 2.45) is 0 Å². The minimum absolute atomic E-state index is 0.0240. The van der Waals surface area contributed by atoms with Crippen molar-refractivity contribution in [3.05, 3.63) is 63.7 Å². The molecule has 0 aliphatic carbocycles. The minimum Gasteiger partial charge on any atom is -0.493 e. The number of hydrogen-bond acceptors (Lipinski definition) is 3. The summed E-state index contributed by atoms with van der Waals surface area (Å²) in [4.78, 5) is 12.5. The number of carbonyl (C=O) groups is 1. The number of hydrogen-bond donors (Lipinski definition) is 1. The van der Waals surface area contributed by atoms with E-state index in [9.17, 15) is 10.1 Å². The highest BCUT2D eigenvalue weighted by Crippen LogP contribution is 2.26. The Labute approximate surface area is 152 Å². The number of nitrogens with one attached hydrogen (secondary N) is 1. The highest BCUT2D eigenvalue weighted by Gasteiger charge is 2.13. The minimum atomic E-state index is -0.473. The van der Waals surface area contributed by atoms with Crippen LogP contribution in [0.25, 0.3) is 6.08 Å². The maximum atomic E-state index is 12.5. The Morgan fingerprint density at radius 1 is 1.28 bits per heavy atom. The summed E-state index contributed by atoms with van der Waals surface area (Å²) < 4.78 is 5.53. The lowest BCUT2D eigenvalue weighted by Gasteiger charge is -2.10. The molecule has 0 aliphatic heterocycles. The Morgan fingerprint density at radius 3 is 2.72 bits per heavy atom. The maximum absolute atomic E-state index is 12.5. The lowest BCUT2D eigenvalue weighted by molar-refractivity contribution is -0.112. The topological polar surface area (TPSA) is 62.1 Å². The predicted molar refractivity (Wildman–Crippen MR) is 101 cm³/mol. The Hall–Kier alpha value is -2.77. The quantitative estimate of drug-likeness (QED) is 0.613. The monoisotopic (exact) mass is 354 g/mol. The second kappa shape index (κ2) is 8.36. The summed E-state index contributed by atoms with van der Waals surface area (Å²) in [6.45, 7) is 6.17. The third-order valence-corrected chi connectivity index (χ3v) is 3.81. The smallest absolute Gasteiger partial charge is 0.266 e. The molecule has 0 saturated heterocycles. The molecule has 1 N–H and O–H groups in total. The average molecular weight is 355 g/mol. The van der Waals surface area contributed by atoms with Gasteiger partial charge in [-0.25, -0.2) is 0 Å². The van der Waals surface area contributed by atoms with Gasteiger partial charge in [-0.2, -0.15) is 5.26 Å². The zero-order valence-electron chi connectivity index (χ0n) is 14.4. The molecule has 0 saturated carbocycles. The maximum Gasteiger partial charge on any atom is 0.266 e. The molecule has 128 valence electrons. The van der Waals surface area contributed by atoms with E-state index in [2.05, 4.69) is 5.32 Å². The van der Waals surface area contributed by atoms with Crippen LogP contribution in [0, 0.1) is 25.2 Å². The van der Waals surface area contributed by atoms with Gasteiger partial charge in [-0.1, -0.05) is 23.7 Å². The van der Waals surface area contributed by atoms with E-state index in [1.165, 1.54) is 6.08 Å². The number of carbonyl (C=O) groups excluding carboxylic acids is 1. The highest BCUT2D eigenvalue weighted by molar-refractivity contribution is 6.30. The van der Waals surface area contributed by atoms with E-state index in [0.717, 1.165) is 11.1 Å². The van der Waals surface area contributed by atoms with E-state index >= 15 is 0 Å². The normalized spacial score (nSPS) is 10.9. The van der Waals surface area contributed by atoms with E-state index in [1.54, 1.807) is 18.2 Å². The molecule has 2 aromatic carbocycles. The van der Waals surface area contributed by atoms with Crippen molar-refractivity contribution in [3.63, 3.8) is 0 Å². The molecule has 0 heterocycles. The molecule has 25 heavy (non-hydrogen) atoms. The number of amides is 1. The Balaban J connectivity index is 2.34. The molecule has 0 atom stereocenters. The van der Waals surface area contributed by atoms with Gasteiger partial charge in [0.15, 0.2) is 0 Å². The standard InChI is InChI=1S/C20H19ClN2O2/c1-4-25-19-8-7-17(21)11-15(19)10-16(12-22)20(24)23-18-9-13(2)5-6-14(18)3/h5-11H,4H2,1-3H3,(H,23,24)/b16-10+. The summed E-state index contributed by atoms with van der Waals surface area (Å²) in [5.41, 5.74) is 3.19. The van der Waals surface area contributed by atoms with Gasteiger partial charge in [-0.15, -0.1) is 0 Å². The van der Waals surface area contributed by atoms with Gasteiger partial charge in [0.25, 0.3) is 5.91 Å². The van der Waals surface area contributed by atoms with Crippen LogP contribution in [0.4, 0.5) is 5.69 Å². The number of halogens is 1. The van der Waals surface area contributed by atoms with Crippen LogP contribution in [0.5, 0.6) is 5.75 Å². The summed E-state index contributed by atoms with van der Waals surface area (Å²) in [5.74, 6) is 0.0952. The zero-order chi connectivity index (χ0) is 18.4. The first-order chi connectivity index (χ1) is 11.9. The second-order valence-corrected chi connectivity index (χ2v) is 5.99. The van der Waals surface area contributed by atoms with Crippen molar-refractivity contribution in [2.45, 2.75) is 20.8 Å². The highest BCUT2D eigenvalue weighted by atomic mass is 35.5. The van der Waals surface area contributed by atoms with Crippen molar-refractivity contribution in [2.75, 3.05) is 11.9 Å². The first-order valence-electron chi connectivity index (χ1n) is 7.87. The van der Waals surface area contributed by atoms with E-state index in [0.29, 0.717) is 28.6 Å². The van der Waals surface area contributed by atoms with Crippen LogP contribution in [0.2, 0.25) is 5.02 Å². The van der Waals surface area contributed by atoms with Gasteiger partial charge in [-0.3, -0.25) is 4.79 Å². The average Bonchev–Trinajstić information content (AvgIpc) is 2.58. The van der Waals surface area contributed by atoms with Crippen molar-refractivity contribution < 1.29 is 9.53 Å². The second-order valence-electron chi connectivity index (χ2n) is 5.56. The molecule has 0 unspecified atom stereocenters. The Bertz CT molecular complexity index is 866. The fourth-order valence-electron chi connectivity index (χ4n) is 2.28. The Kier molecular flexibility index (Phi) is 6.21. The molecule has 0 aliphatic rings. The molecular weight excluding hydrogens is 336 g/mol. The summed E-state index contributed by atoms with van der Waals surface area (Å²) >= 11 is 6.02. The van der Waals surface area contributed by atoms with Gasteiger partial charge in [0.05, 0.1) is 6.61 Å². The first-order valence-corrected chi connectivity index (χ1v) is 8.25. The molecule has 0 spiro atoms. The van der Waals surface area contributed by atoms with Crippen molar-refractivity contribution >= 4 is 29.3 Å².